The van der Waals surface area contributed by atoms with E-state index >= 15 is 0 Å². The van der Waals surface area contributed by atoms with Gasteiger partial charge in [0.2, 0.25) is 0 Å². The summed E-state index contributed by atoms with van der Waals surface area (Å²) in [4.78, 5) is 44.6. The van der Waals surface area contributed by atoms with E-state index in [4.69, 9.17) is 14.2 Å². The number of aromatic nitrogens is 1. The SMILES string of the molecule is CC(C)=CCC[C@]1(C)C=Cc2c(O)c3c(c(CC=C(C)C)c2O1)O[C@]12C(=C[C@@H]4C[C@H]1C(C)(C)O[C@@]2(C/C=C(/C)C(=O)O)C4=O)C3=O.c1ccncc1. The van der Waals surface area contributed by atoms with E-state index < -0.39 is 40.1 Å². The van der Waals surface area contributed by atoms with Crippen molar-refractivity contribution in [3.63, 3.8) is 0 Å². The van der Waals surface area contributed by atoms with Crippen molar-refractivity contribution in [3.05, 3.63) is 100.0 Å². The molecule has 274 valence electrons. The molecule has 8 rings (SSSR count). The third-order valence-corrected chi connectivity index (χ3v) is 11.1. The molecule has 3 aliphatic carbocycles. The highest BCUT2D eigenvalue weighted by atomic mass is 16.6. The molecule has 9 heteroatoms. The van der Waals surface area contributed by atoms with E-state index in [0.717, 1.165) is 12.0 Å². The molecule has 52 heavy (non-hydrogen) atoms. The first kappa shape index (κ1) is 37.0. The Labute approximate surface area is 305 Å². The van der Waals surface area contributed by atoms with Crippen LogP contribution in [0.15, 0.2) is 83.3 Å². The number of rotatable bonds is 8. The molecule has 1 aromatic heterocycles. The van der Waals surface area contributed by atoms with Crippen molar-refractivity contribution in [3.8, 4) is 17.2 Å². The average molecular weight is 708 g/mol. The Kier molecular flexibility index (Phi) is 9.49. The van der Waals surface area contributed by atoms with E-state index in [1.807, 2.05) is 71.0 Å². The van der Waals surface area contributed by atoms with Gasteiger partial charge in [-0.15, -0.1) is 0 Å². The minimum absolute atomic E-state index is 0.0544. The number of aromatic hydroxyl groups is 1. The lowest BCUT2D eigenvalue weighted by atomic mass is 9.51. The maximum absolute atomic E-state index is 14.7. The van der Waals surface area contributed by atoms with Crippen LogP contribution in [0.3, 0.4) is 0 Å². The van der Waals surface area contributed by atoms with Gasteiger partial charge in [0.15, 0.2) is 22.8 Å². The Morgan fingerprint density at radius 1 is 0.962 bits per heavy atom. The van der Waals surface area contributed by atoms with Crippen molar-refractivity contribution in [1.29, 1.82) is 0 Å². The van der Waals surface area contributed by atoms with Crippen LogP contribution in [0.25, 0.3) is 6.08 Å². The van der Waals surface area contributed by atoms with Gasteiger partial charge in [0.25, 0.3) is 0 Å². The molecule has 1 spiro atoms. The Morgan fingerprint density at radius 3 is 2.25 bits per heavy atom. The van der Waals surface area contributed by atoms with Crippen LogP contribution in [0, 0.1) is 11.8 Å². The zero-order valence-electron chi connectivity index (χ0n) is 31.3. The highest BCUT2D eigenvalue weighted by Gasteiger charge is 2.81. The van der Waals surface area contributed by atoms with E-state index in [1.165, 1.54) is 18.6 Å². The summed E-state index contributed by atoms with van der Waals surface area (Å²) in [5, 5.41) is 21.4. The number of pyridine rings is 1. The maximum Gasteiger partial charge on any atom is 0.330 e. The van der Waals surface area contributed by atoms with Gasteiger partial charge in [0.1, 0.15) is 28.4 Å². The topological polar surface area (TPSA) is 132 Å². The summed E-state index contributed by atoms with van der Waals surface area (Å²) in [6.07, 6.45) is 16.9. The highest BCUT2D eigenvalue weighted by Crippen LogP contribution is 2.68. The molecule has 2 aromatic rings. The predicted molar refractivity (Wildman–Crippen MR) is 198 cm³/mol. The molecular formula is C43H49NO8. The largest absolute Gasteiger partial charge is 0.506 e. The van der Waals surface area contributed by atoms with E-state index in [0.29, 0.717) is 41.7 Å². The van der Waals surface area contributed by atoms with Gasteiger partial charge in [-0.3, -0.25) is 14.6 Å². The summed E-state index contributed by atoms with van der Waals surface area (Å²) in [5.74, 6) is -2.28. The number of hydrogen-bond donors (Lipinski definition) is 2. The van der Waals surface area contributed by atoms with Crippen LogP contribution >= 0.6 is 0 Å². The number of carboxylic acid groups (broad SMARTS) is 1. The normalized spacial score (nSPS) is 28.5. The summed E-state index contributed by atoms with van der Waals surface area (Å²) < 4.78 is 20.6. The smallest absolute Gasteiger partial charge is 0.330 e. The van der Waals surface area contributed by atoms with Crippen molar-refractivity contribution >= 4 is 23.6 Å². The number of fused-ring (bicyclic) bond motifs is 2. The molecule has 0 unspecified atom stereocenters. The molecule has 2 N–H and O–H groups in total. The van der Waals surface area contributed by atoms with Crippen LogP contribution in [-0.4, -0.2) is 55.1 Å². The number of allylic oxidation sites excluding steroid dienone is 5. The molecule has 4 heterocycles. The third-order valence-electron chi connectivity index (χ3n) is 11.1. The fraction of sp³-hybridized carbons (Fsp3) is 0.442. The van der Waals surface area contributed by atoms with E-state index in [1.54, 1.807) is 18.5 Å². The molecule has 0 radical (unpaired) electrons. The molecule has 5 atom stereocenters. The maximum atomic E-state index is 14.7. The molecule has 1 aromatic carbocycles. The van der Waals surface area contributed by atoms with Gasteiger partial charge in [0.05, 0.1) is 11.2 Å². The fourth-order valence-corrected chi connectivity index (χ4v) is 8.48. The van der Waals surface area contributed by atoms with E-state index in [9.17, 15) is 24.6 Å². The number of nitrogens with zero attached hydrogens (tertiary/aromatic N) is 1. The third kappa shape index (κ3) is 5.93. The lowest BCUT2D eigenvalue weighted by Crippen LogP contribution is -2.72. The zero-order valence-corrected chi connectivity index (χ0v) is 31.3. The van der Waals surface area contributed by atoms with Gasteiger partial charge in [0, 0.05) is 47.4 Å². The monoisotopic (exact) mass is 707 g/mol. The first-order valence-electron chi connectivity index (χ1n) is 18.0. The number of carboxylic acids is 1. The first-order valence-corrected chi connectivity index (χ1v) is 18.0. The number of Topliss-reactive ketones (excluding diaryl/α,β-unsaturated/α-hetero) is 2. The molecule has 6 aliphatic rings. The summed E-state index contributed by atoms with van der Waals surface area (Å²) >= 11 is 0. The number of ketones is 2. The lowest BCUT2D eigenvalue weighted by molar-refractivity contribution is -0.171. The van der Waals surface area contributed by atoms with Crippen molar-refractivity contribution < 1.29 is 38.8 Å². The van der Waals surface area contributed by atoms with Gasteiger partial charge in [-0.05, 0) is 105 Å². The number of carbonyl (C=O) groups is 3. The molecule has 1 saturated heterocycles. The van der Waals surface area contributed by atoms with Gasteiger partial charge >= 0.3 is 5.97 Å². The summed E-state index contributed by atoms with van der Waals surface area (Å²) in [5.41, 5.74) is -0.952. The van der Waals surface area contributed by atoms with Crippen LogP contribution in [-0.2, 0) is 20.7 Å². The molecule has 0 amide bonds. The van der Waals surface area contributed by atoms with Crippen LogP contribution in [0.1, 0.15) is 103 Å². The minimum Gasteiger partial charge on any atom is -0.506 e. The summed E-state index contributed by atoms with van der Waals surface area (Å²) in [6.45, 7) is 15.4. The second-order valence-corrected chi connectivity index (χ2v) is 15.8. The van der Waals surface area contributed by atoms with Gasteiger partial charge in [-0.2, -0.15) is 0 Å². The molecule has 1 saturated carbocycles. The number of aliphatic carboxylic acids is 1. The molecule has 4 bridgehead atoms. The quantitative estimate of drug-likeness (QED) is 0.205. The van der Waals surface area contributed by atoms with Gasteiger partial charge in [-0.25, -0.2) is 4.79 Å². The molecular weight excluding hydrogens is 658 g/mol. The summed E-state index contributed by atoms with van der Waals surface area (Å²) in [7, 11) is 0. The minimum atomic E-state index is -1.63. The molecule has 9 nitrogen and oxygen atoms in total. The number of phenolic OH excluding ortho intramolecular Hbond substituents is 1. The summed E-state index contributed by atoms with van der Waals surface area (Å²) in [6, 6.07) is 5.72. The average Bonchev–Trinajstić information content (AvgIpc) is 3.24. The number of hydrogen-bond acceptors (Lipinski definition) is 8. The Bertz CT molecular complexity index is 1950. The lowest BCUT2D eigenvalue weighted by Gasteiger charge is -2.56. The number of carbonyl (C=O) groups excluding carboxylic acids is 2. The predicted octanol–water partition coefficient (Wildman–Crippen LogP) is 8.32. The van der Waals surface area contributed by atoms with Crippen molar-refractivity contribution in [1.82, 2.24) is 4.98 Å². The number of phenols is 1. The molecule has 2 fully saturated rings. The standard InChI is InChI=1S/C38H44O8.C5H5N/c1-20(2)10-9-15-36(8)16-14-24-29(39)28-30(40)26-18-23-19-27-35(6,7)46-37(33(23)41,17-13-22(5)34(42)43)38(26,27)45-32(28)25(31(24)44-36)12-11-21(3)4;1-2-4-6-5-3-1/h10-11,13-14,16,18,23,27,39H,9,12,15,17,19H2,1-8H3,(H,42,43);1-5H/b22-13-;/t23-,27+,36-,37+,38-;/m1./s1. The second-order valence-electron chi connectivity index (χ2n) is 15.8. The second kappa shape index (κ2) is 13.3. The molecule has 3 aliphatic heterocycles. The van der Waals surface area contributed by atoms with Crippen molar-refractivity contribution in [2.75, 3.05) is 0 Å². The number of ether oxygens (including phenoxy) is 3. The Balaban J connectivity index is 0.000000703. The van der Waals surface area contributed by atoms with Crippen LogP contribution < -0.4 is 9.47 Å². The highest BCUT2D eigenvalue weighted by molar-refractivity contribution is 6.19. The fourth-order valence-electron chi connectivity index (χ4n) is 8.48. The van der Waals surface area contributed by atoms with Crippen molar-refractivity contribution in [2.24, 2.45) is 11.8 Å². The van der Waals surface area contributed by atoms with Crippen molar-refractivity contribution in [2.45, 2.75) is 110 Å². The van der Waals surface area contributed by atoms with E-state index in [2.05, 4.69) is 24.9 Å². The zero-order chi connectivity index (χ0) is 37.8. The van der Waals surface area contributed by atoms with E-state index in [-0.39, 0.29) is 40.8 Å². The van der Waals surface area contributed by atoms with Gasteiger partial charge < -0.3 is 24.4 Å². The Hall–Kier alpha value is -4.76. The number of benzene rings is 1. The van der Waals surface area contributed by atoms with Crippen LogP contribution in [0.2, 0.25) is 0 Å². The van der Waals surface area contributed by atoms with Gasteiger partial charge in [-0.1, -0.05) is 41.5 Å². The Morgan fingerprint density at radius 2 is 1.65 bits per heavy atom. The van der Waals surface area contributed by atoms with Crippen LogP contribution in [0.5, 0.6) is 17.2 Å². The van der Waals surface area contributed by atoms with Crippen LogP contribution in [0.4, 0.5) is 0 Å². The first-order chi connectivity index (χ1) is 24.5.